The number of cyclic esters (lactones) is 1. The van der Waals surface area contributed by atoms with Gasteiger partial charge in [-0.15, -0.1) is 23.1 Å². The Morgan fingerprint density at radius 1 is 1.56 bits per heavy atom. The maximum atomic E-state index is 12.6. The van der Waals surface area contributed by atoms with Gasteiger partial charge in [0.2, 0.25) is 6.29 Å². The zero-order valence-electron chi connectivity index (χ0n) is 13.7. The molecule has 4 heterocycles. The minimum Gasteiger partial charge on any atom is -0.427 e. The molecule has 27 heavy (non-hydrogen) atoms. The lowest BCUT2D eigenvalue weighted by Gasteiger charge is -2.48. The van der Waals surface area contributed by atoms with Crippen LogP contribution in [-0.4, -0.2) is 69.1 Å². The van der Waals surface area contributed by atoms with Crippen molar-refractivity contribution in [2.75, 3.05) is 18.6 Å². The molecule has 4 N–H and O–H groups in total. The fraction of sp³-hybridized carbons (Fsp3) is 0.357. The number of nitrogens with zero attached hydrogens (tertiary/aromatic N) is 3. The van der Waals surface area contributed by atoms with Crippen LogP contribution in [0.5, 0.6) is 0 Å². The molecule has 1 aromatic rings. The van der Waals surface area contributed by atoms with Gasteiger partial charge < -0.3 is 25.7 Å². The van der Waals surface area contributed by atoms with Crippen LogP contribution >= 0.6 is 23.1 Å². The number of hydrogen-bond donors (Lipinski definition) is 3. The van der Waals surface area contributed by atoms with E-state index in [0.717, 1.165) is 11.3 Å². The summed E-state index contributed by atoms with van der Waals surface area (Å²) in [7, 11) is 1.28. The number of oxime groups is 1. The minimum atomic E-state index is -1.34. The van der Waals surface area contributed by atoms with Crippen molar-refractivity contribution in [1.82, 2.24) is 15.2 Å². The molecule has 1 saturated heterocycles. The van der Waals surface area contributed by atoms with Crippen molar-refractivity contribution in [3.8, 4) is 0 Å². The first kappa shape index (κ1) is 17.8. The molecule has 3 aliphatic heterocycles. The Hall–Kier alpha value is -2.64. The van der Waals surface area contributed by atoms with Crippen molar-refractivity contribution in [3.05, 3.63) is 22.3 Å². The van der Waals surface area contributed by atoms with Gasteiger partial charge in [-0.25, -0.2) is 9.78 Å². The second kappa shape index (κ2) is 6.51. The highest BCUT2D eigenvalue weighted by Crippen LogP contribution is 2.43. The number of nitrogens with one attached hydrogen (secondary N) is 1. The predicted octanol–water partition coefficient (Wildman–Crippen LogP) is -1.39. The van der Waals surface area contributed by atoms with Crippen molar-refractivity contribution in [1.29, 1.82) is 0 Å². The molecule has 2 amide bonds. The normalized spacial score (nSPS) is 27.0. The van der Waals surface area contributed by atoms with E-state index in [2.05, 4.69) is 15.5 Å². The molecule has 0 saturated carbocycles. The van der Waals surface area contributed by atoms with Crippen molar-refractivity contribution < 1.29 is 29.1 Å². The van der Waals surface area contributed by atoms with Crippen LogP contribution in [-0.2, 0) is 24.0 Å². The fourth-order valence-electron chi connectivity index (χ4n) is 2.95. The number of aromatic nitrogens is 1. The number of fused-ring (bicyclic) bond motifs is 2. The van der Waals surface area contributed by atoms with Crippen LogP contribution in [0.4, 0.5) is 5.13 Å². The number of rotatable bonds is 4. The van der Waals surface area contributed by atoms with E-state index in [0.29, 0.717) is 11.3 Å². The number of ether oxygens (including phenoxy) is 1. The molecule has 0 aromatic carbocycles. The predicted molar refractivity (Wildman–Crippen MR) is 94.2 cm³/mol. The molecule has 0 spiro atoms. The number of nitrogen functional groups attached to an aromatic ring is 1. The standard InChI is InChI=1S/C14H13N5O6S2/c1-24-18-6(5-3-27-14(15)16-5)9(20)17-7-10(21)19-8-4(2-26-11(7)19)12(22)25-13(8)23/h3,7,11-12,22H,2H2,1H3,(H2,15,16)(H,17,20)/b18-6+. The molecule has 1 fully saturated rings. The highest BCUT2D eigenvalue weighted by molar-refractivity contribution is 8.00. The molecular formula is C14H13N5O6S2. The second-order valence-electron chi connectivity index (χ2n) is 5.69. The van der Waals surface area contributed by atoms with Crippen LogP contribution < -0.4 is 11.1 Å². The summed E-state index contributed by atoms with van der Waals surface area (Å²) in [6.07, 6.45) is -1.34. The zero-order valence-corrected chi connectivity index (χ0v) is 15.4. The summed E-state index contributed by atoms with van der Waals surface area (Å²) >= 11 is 2.44. The highest BCUT2D eigenvalue weighted by atomic mass is 32.2. The SMILES string of the molecule is CO/N=C(/C(=O)NC1C(=O)N2C3=C(CSC12)C(O)OC3=O)c1csc(N)n1. The number of β-lactam (4-membered cyclic amide) rings is 1. The molecule has 0 aliphatic carbocycles. The van der Waals surface area contributed by atoms with Crippen molar-refractivity contribution >= 4 is 51.7 Å². The van der Waals surface area contributed by atoms with Gasteiger partial charge >= 0.3 is 5.97 Å². The van der Waals surface area contributed by atoms with Crippen LogP contribution in [0.15, 0.2) is 21.8 Å². The quantitative estimate of drug-likeness (QED) is 0.235. The number of thioether (sulfide) groups is 1. The molecule has 0 bridgehead atoms. The van der Waals surface area contributed by atoms with E-state index < -0.39 is 35.5 Å². The fourth-order valence-corrected chi connectivity index (χ4v) is 4.86. The Morgan fingerprint density at radius 3 is 3.00 bits per heavy atom. The number of carbonyl (C=O) groups excluding carboxylic acids is 3. The van der Waals surface area contributed by atoms with Gasteiger partial charge in [0.05, 0.1) is 0 Å². The third-order valence-corrected chi connectivity index (χ3v) is 6.13. The Kier molecular flexibility index (Phi) is 4.28. The van der Waals surface area contributed by atoms with E-state index in [-0.39, 0.29) is 22.2 Å². The number of thiazole rings is 1. The van der Waals surface area contributed by atoms with E-state index in [1.54, 1.807) is 5.38 Å². The average molecular weight is 411 g/mol. The molecule has 13 heteroatoms. The van der Waals surface area contributed by atoms with E-state index in [1.165, 1.54) is 23.8 Å². The molecule has 142 valence electrons. The van der Waals surface area contributed by atoms with Crippen LogP contribution in [0.3, 0.4) is 0 Å². The maximum Gasteiger partial charge on any atom is 0.357 e. The van der Waals surface area contributed by atoms with Crippen LogP contribution in [0, 0.1) is 0 Å². The van der Waals surface area contributed by atoms with Gasteiger partial charge in [-0.05, 0) is 0 Å². The van der Waals surface area contributed by atoms with Crippen LogP contribution in [0.2, 0.25) is 0 Å². The number of nitrogens with two attached hydrogens (primary N) is 1. The molecule has 11 nitrogen and oxygen atoms in total. The zero-order chi connectivity index (χ0) is 19.3. The molecule has 3 unspecified atom stereocenters. The number of anilines is 1. The van der Waals surface area contributed by atoms with Gasteiger partial charge in [-0.1, -0.05) is 5.16 Å². The number of hydrogen-bond acceptors (Lipinski definition) is 11. The highest BCUT2D eigenvalue weighted by Gasteiger charge is 2.57. The molecular weight excluding hydrogens is 398 g/mol. The van der Waals surface area contributed by atoms with Crippen molar-refractivity contribution in [3.63, 3.8) is 0 Å². The number of esters is 1. The van der Waals surface area contributed by atoms with Gasteiger partial charge in [-0.2, -0.15) is 0 Å². The average Bonchev–Trinajstić information content (AvgIpc) is 3.19. The molecule has 4 rings (SSSR count). The summed E-state index contributed by atoms with van der Waals surface area (Å²) in [6, 6.07) is -0.861. The van der Waals surface area contributed by atoms with Gasteiger partial charge in [0.1, 0.15) is 29.9 Å². The Balaban J connectivity index is 1.52. The Bertz CT molecular complexity index is 912. The Labute approximate surface area is 160 Å². The topological polar surface area (TPSA) is 156 Å². The minimum absolute atomic E-state index is 0.0554. The first-order chi connectivity index (χ1) is 12.9. The lowest BCUT2D eigenvalue weighted by molar-refractivity contribution is -0.157. The molecule has 0 radical (unpaired) electrons. The van der Waals surface area contributed by atoms with E-state index in [9.17, 15) is 19.5 Å². The summed E-state index contributed by atoms with van der Waals surface area (Å²) in [5.74, 6) is -1.58. The van der Waals surface area contributed by atoms with E-state index >= 15 is 0 Å². The Morgan fingerprint density at radius 2 is 2.33 bits per heavy atom. The second-order valence-corrected chi connectivity index (χ2v) is 7.68. The van der Waals surface area contributed by atoms with E-state index in [1.807, 2.05) is 0 Å². The summed E-state index contributed by atoms with van der Waals surface area (Å²) in [5, 5.41) is 17.3. The molecule has 3 atom stereocenters. The largest absolute Gasteiger partial charge is 0.427 e. The van der Waals surface area contributed by atoms with Crippen molar-refractivity contribution in [2.24, 2.45) is 5.16 Å². The van der Waals surface area contributed by atoms with E-state index in [4.69, 9.17) is 15.3 Å². The summed E-state index contributed by atoms with van der Waals surface area (Å²) in [5.41, 5.74) is 6.11. The third kappa shape index (κ3) is 2.74. The van der Waals surface area contributed by atoms with Gasteiger partial charge in [0.25, 0.3) is 11.8 Å². The van der Waals surface area contributed by atoms with Gasteiger partial charge in [-0.3, -0.25) is 14.5 Å². The van der Waals surface area contributed by atoms with Gasteiger partial charge in [0.15, 0.2) is 10.8 Å². The lowest BCUT2D eigenvalue weighted by atomic mass is 10.0. The number of amides is 2. The third-order valence-electron chi connectivity index (χ3n) is 4.16. The van der Waals surface area contributed by atoms with Gasteiger partial charge in [0, 0.05) is 16.7 Å². The number of aliphatic hydroxyl groups is 1. The first-order valence-corrected chi connectivity index (χ1v) is 9.55. The number of aliphatic hydroxyl groups excluding tert-OH is 1. The van der Waals surface area contributed by atoms with Crippen molar-refractivity contribution in [2.45, 2.75) is 17.7 Å². The smallest absolute Gasteiger partial charge is 0.357 e. The molecule has 1 aromatic heterocycles. The lowest BCUT2D eigenvalue weighted by Crippen LogP contribution is -2.70. The maximum absolute atomic E-state index is 12.6. The molecule has 3 aliphatic rings. The number of carbonyl (C=O) groups is 3. The summed E-state index contributed by atoms with van der Waals surface area (Å²) in [6.45, 7) is 0. The first-order valence-electron chi connectivity index (χ1n) is 7.62. The van der Waals surface area contributed by atoms with Crippen LogP contribution in [0.25, 0.3) is 0 Å². The summed E-state index contributed by atoms with van der Waals surface area (Å²) in [4.78, 5) is 46.9. The monoisotopic (exact) mass is 411 g/mol. The summed E-state index contributed by atoms with van der Waals surface area (Å²) < 4.78 is 4.75. The van der Waals surface area contributed by atoms with Crippen LogP contribution in [0.1, 0.15) is 5.69 Å².